The molecule has 2 aromatic rings. The molecule has 0 aliphatic heterocycles. The first kappa shape index (κ1) is 13.1. The minimum atomic E-state index is -4.43. The van der Waals surface area contributed by atoms with Crippen LogP contribution in [0.1, 0.15) is 11.3 Å². The third-order valence-corrected chi connectivity index (χ3v) is 2.38. The van der Waals surface area contributed by atoms with Crippen LogP contribution < -0.4 is 5.32 Å². The summed E-state index contributed by atoms with van der Waals surface area (Å²) in [7, 11) is 0. The molecule has 7 heteroatoms. The van der Waals surface area contributed by atoms with Crippen molar-refractivity contribution in [2.45, 2.75) is 12.6 Å². The van der Waals surface area contributed by atoms with Crippen LogP contribution in [0.2, 0.25) is 0 Å². The molecule has 1 amide bonds. The number of benzene rings is 1. The van der Waals surface area contributed by atoms with E-state index in [-0.39, 0.29) is 12.1 Å². The zero-order valence-electron chi connectivity index (χ0n) is 9.66. The number of carbonyl (C=O) groups excluding carboxylic acids is 1. The van der Waals surface area contributed by atoms with E-state index in [1.54, 1.807) is 0 Å². The maximum atomic E-state index is 12.5. The second kappa shape index (κ2) is 5.13. The van der Waals surface area contributed by atoms with E-state index in [0.717, 1.165) is 12.1 Å². The molecule has 1 aromatic heterocycles. The number of imidazole rings is 1. The molecule has 1 heterocycles. The van der Waals surface area contributed by atoms with E-state index in [9.17, 15) is 18.0 Å². The molecule has 0 saturated carbocycles. The van der Waals surface area contributed by atoms with E-state index >= 15 is 0 Å². The number of aromatic nitrogens is 2. The Bertz CT molecular complexity index is 564. The van der Waals surface area contributed by atoms with Crippen molar-refractivity contribution in [1.82, 2.24) is 9.97 Å². The van der Waals surface area contributed by atoms with Gasteiger partial charge < -0.3 is 10.3 Å². The van der Waals surface area contributed by atoms with E-state index in [0.29, 0.717) is 5.69 Å². The molecule has 4 nitrogen and oxygen atoms in total. The summed E-state index contributed by atoms with van der Waals surface area (Å²) in [6, 6.07) is 4.49. The van der Waals surface area contributed by atoms with Crippen molar-refractivity contribution >= 4 is 11.6 Å². The van der Waals surface area contributed by atoms with Crippen LogP contribution in [0, 0.1) is 0 Å². The lowest BCUT2D eigenvalue weighted by molar-refractivity contribution is -0.137. The van der Waals surface area contributed by atoms with E-state index in [2.05, 4.69) is 15.3 Å². The molecule has 0 bridgehead atoms. The number of amides is 1. The summed E-state index contributed by atoms with van der Waals surface area (Å²) < 4.78 is 37.5. The standard InChI is InChI=1S/C12H10F3N3O/c13-12(14,15)8-2-1-3-9(4-8)18-11(19)5-10-6-16-7-17-10/h1-4,6-7H,5H2,(H,16,17)(H,18,19). The van der Waals surface area contributed by atoms with E-state index < -0.39 is 17.6 Å². The molecule has 0 radical (unpaired) electrons. The third kappa shape index (κ3) is 3.57. The van der Waals surface area contributed by atoms with Gasteiger partial charge in [0.2, 0.25) is 5.91 Å². The van der Waals surface area contributed by atoms with E-state index in [4.69, 9.17) is 0 Å². The van der Waals surface area contributed by atoms with Crippen LogP contribution in [0.4, 0.5) is 18.9 Å². The molecule has 100 valence electrons. The van der Waals surface area contributed by atoms with Gasteiger partial charge in [0.15, 0.2) is 0 Å². The zero-order chi connectivity index (χ0) is 13.9. The number of nitrogens with zero attached hydrogens (tertiary/aromatic N) is 1. The number of aromatic amines is 1. The quantitative estimate of drug-likeness (QED) is 0.899. The Balaban J connectivity index is 2.05. The van der Waals surface area contributed by atoms with Crippen molar-refractivity contribution in [3.05, 3.63) is 48.0 Å². The molecule has 0 aliphatic rings. The maximum Gasteiger partial charge on any atom is 0.416 e. The molecular weight excluding hydrogens is 259 g/mol. The summed E-state index contributed by atoms with van der Waals surface area (Å²) in [5, 5.41) is 2.41. The minimum absolute atomic E-state index is 0.0241. The van der Waals surface area contributed by atoms with Crippen molar-refractivity contribution in [2.24, 2.45) is 0 Å². The Morgan fingerprint density at radius 3 is 2.79 bits per heavy atom. The lowest BCUT2D eigenvalue weighted by atomic mass is 10.2. The highest BCUT2D eigenvalue weighted by atomic mass is 19.4. The van der Waals surface area contributed by atoms with Gasteiger partial charge in [-0.2, -0.15) is 13.2 Å². The van der Waals surface area contributed by atoms with Gasteiger partial charge in [-0.25, -0.2) is 4.98 Å². The highest BCUT2D eigenvalue weighted by Crippen LogP contribution is 2.30. The number of carbonyl (C=O) groups is 1. The second-order valence-electron chi connectivity index (χ2n) is 3.88. The molecule has 1 aromatic carbocycles. The first-order valence-corrected chi connectivity index (χ1v) is 5.39. The number of nitrogens with one attached hydrogen (secondary N) is 2. The molecule has 2 N–H and O–H groups in total. The van der Waals surface area contributed by atoms with Gasteiger partial charge in [0, 0.05) is 17.6 Å². The first-order chi connectivity index (χ1) is 8.95. The lowest BCUT2D eigenvalue weighted by Gasteiger charge is -2.09. The van der Waals surface area contributed by atoms with Gasteiger partial charge in [-0.3, -0.25) is 4.79 Å². The molecule has 2 rings (SSSR count). The summed E-state index contributed by atoms with van der Waals surface area (Å²) in [5.41, 5.74) is -0.101. The van der Waals surface area contributed by atoms with Gasteiger partial charge in [0.25, 0.3) is 0 Å². The zero-order valence-corrected chi connectivity index (χ0v) is 9.66. The van der Waals surface area contributed by atoms with Crippen molar-refractivity contribution in [3.63, 3.8) is 0 Å². The molecule has 0 atom stereocenters. The first-order valence-electron chi connectivity index (χ1n) is 5.39. The lowest BCUT2D eigenvalue weighted by Crippen LogP contribution is -2.15. The summed E-state index contributed by atoms with van der Waals surface area (Å²) in [6.45, 7) is 0. The monoisotopic (exact) mass is 269 g/mol. The van der Waals surface area contributed by atoms with Crippen LogP contribution >= 0.6 is 0 Å². The highest BCUT2D eigenvalue weighted by Gasteiger charge is 2.30. The number of H-pyrrole nitrogens is 1. The van der Waals surface area contributed by atoms with Crippen LogP contribution in [-0.4, -0.2) is 15.9 Å². The number of hydrogen-bond acceptors (Lipinski definition) is 2. The Morgan fingerprint density at radius 2 is 2.16 bits per heavy atom. The minimum Gasteiger partial charge on any atom is -0.348 e. The fraction of sp³-hybridized carbons (Fsp3) is 0.167. The van der Waals surface area contributed by atoms with Crippen molar-refractivity contribution < 1.29 is 18.0 Å². The van der Waals surface area contributed by atoms with Gasteiger partial charge in [-0.15, -0.1) is 0 Å². The van der Waals surface area contributed by atoms with Crippen LogP contribution in [0.3, 0.4) is 0 Å². The Kier molecular flexibility index (Phi) is 3.55. The van der Waals surface area contributed by atoms with Gasteiger partial charge in [0.05, 0.1) is 18.3 Å². The fourth-order valence-electron chi connectivity index (χ4n) is 1.53. The maximum absolute atomic E-state index is 12.5. The van der Waals surface area contributed by atoms with Gasteiger partial charge in [-0.1, -0.05) is 6.07 Å². The van der Waals surface area contributed by atoms with Crippen LogP contribution in [0.25, 0.3) is 0 Å². The van der Waals surface area contributed by atoms with Crippen molar-refractivity contribution in [2.75, 3.05) is 5.32 Å². The number of alkyl halides is 3. The van der Waals surface area contributed by atoms with Gasteiger partial charge in [0.1, 0.15) is 0 Å². The summed E-state index contributed by atoms with van der Waals surface area (Å²) >= 11 is 0. The summed E-state index contributed by atoms with van der Waals surface area (Å²) in [4.78, 5) is 18.1. The molecule has 19 heavy (non-hydrogen) atoms. The Labute approximate surface area is 106 Å². The molecule has 0 fully saturated rings. The van der Waals surface area contributed by atoms with Crippen LogP contribution in [0.5, 0.6) is 0 Å². The van der Waals surface area contributed by atoms with Crippen molar-refractivity contribution in [1.29, 1.82) is 0 Å². The largest absolute Gasteiger partial charge is 0.416 e. The number of hydrogen-bond donors (Lipinski definition) is 2. The Hall–Kier alpha value is -2.31. The molecule has 0 spiro atoms. The number of anilines is 1. The van der Waals surface area contributed by atoms with Crippen LogP contribution in [-0.2, 0) is 17.4 Å². The molecule has 0 unspecified atom stereocenters. The van der Waals surface area contributed by atoms with E-state index in [1.165, 1.54) is 24.7 Å². The Morgan fingerprint density at radius 1 is 1.37 bits per heavy atom. The summed E-state index contributed by atoms with van der Waals surface area (Å²) in [5.74, 6) is -0.413. The molecule has 0 saturated heterocycles. The predicted molar refractivity (Wildman–Crippen MR) is 62.4 cm³/mol. The fourth-order valence-corrected chi connectivity index (χ4v) is 1.53. The third-order valence-electron chi connectivity index (χ3n) is 2.38. The van der Waals surface area contributed by atoms with Crippen molar-refractivity contribution in [3.8, 4) is 0 Å². The number of rotatable bonds is 3. The van der Waals surface area contributed by atoms with Gasteiger partial charge in [-0.05, 0) is 18.2 Å². The smallest absolute Gasteiger partial charge is 0.348 e. The SMILES string of the molecule is O=C(Cc1cnc[nH]1)Nc1cccc(C(F)(F)F)c1. The highest BCUT2D eigenvalue weighted by molar-refractivity contribution is 5.92. The normalized spacial score (nSPS) is 11.3. The molecular formula is C12H10F3N3O. The average molecular weight is 269 g/mol. The molecule has 0 aliphatic carbocycles. The van der Waals surface area contributed by atoms with Crippen LogP contribution in [0.15, 0.2) is 36.8 Å². The van der Waals surface area contributed by atoms with E-state index in [1.807, 2.05) is 0 Å². The predicted octanol–water partition coefficient (Wildman–Crippen LogP) is 2.61. The van der Waals surface area contributed by atoms with Gasteiger partial charge >= 0.3 is 6.18 Å². The number of halogens is 3. The topological polar surface area (TPSA) is 57.8 Å². The summed E-state index contributed by atoms with van der Waals surface area (Å²) in [6.07, 6.45) is -1.50. The average Bonchev–Trinajstić information content (AvgIpc) is 2.80. The second-order valence-corrected chi connectivity index (χ2v) is 3.88.